The molecule has 0 unspecified atom stereocenters. The van der Waals surface area contributed by atoms with E-state index < -0.39 is 0 Å². The quantitative estimate of drug-likeness (QED) is 0.534. The van der Waals surface area contributed by atoms with Crippen molar-refractivity contribution in [2.75, 3.05) is 20.0 Å². The molecule has 4 rings (SSSR count). The van der Waals surface area contributed by atoms with Crippen molar-refractivity contribution in [3.63, 3.8) is 0 Å². The van der Waals surface area contributed by atoms with Crippen LogP contribution in [0.15, 0.2) is 17.3 Å². The summed E-state index contributed by atoms with van der Waals surface area (Å²) in [6, 6.07) is 4.18. The van der Waals surface area contributed by atoms with Crippen molar-refractivity contribution in [2.45, 2.75) is 81.4 Å². The van der Waals surface area contributed by atoms with Gasteiger partial charge in [0.1, 0.15) is 0 Å². The fourth-order valence-corrected chi connectivity index (χ4v) is 6.12. The number of carbonyl (C=O) groups is 1. The first kappa shape index (κ1) is 24.7. The van der Waals surface area contributed by atoms with E-state index in [2.05, 4.69) is 15.1 Å². The van der Waals surface area contributed by atoms with E-state index in [4.69, 9.17) is 9.47 Å². The first-order valence-electron chi connectivity index (χ1n) is 12.3. The zero-order valence-corrected chi connectivity index (χ0v) is 21.3. The van der Waals surface area contributed by atoms with E-state index in [0.717, 1.165) is 25.7 Å². The lowest BCUT2D eigenvalue weighted by Crippen LogP contribution is -2.49. The molecule has 2 fully saturated rings. The standard InChI is InChI=1S/C25H36N4O4S/c1-28-24(17-14-20(32-2)23(31)21(15-17)33-3)26-27-25(28)34-16-22(30)29(18-10-6-4-7-11-18)19-12-8-5-9-13-19/h14-15,18-19,31H,4-13,16H2,1-3H3. The Labute approximate surface area is 206 Å². The highest BCUT2D eigenvalue weighted by molar-refractivity contribution is 7.99. The molecule has 0 atom stereocenters. The average molecular weight is 489 g/mol. The van der Waals surface area contributed by atoms with Gasteiger partial charge in [-0.25, -0.2) is 0 Å². The van der Waals surface area contributed by atoms with Crippen LogP contribution in [0, 0.1) is 0 Å². The Bertz CT molecular complexity index is 940. The van der Waals surface area contributed by atoms with Crippen LogP contribution in [0.1, 0.15) is 64.2 Å². The third kappa shape index (κ3) is 5.29. The number of amides is 1. The van der Waals surface area contributed by atoms with Crippen molar-refractivity contribution in [3.8, 4) is 28.6 Å². The fourth-order valence-electron chi connectivity index (χ4n) is 5.34. The maximum Gasteiger partial charge on any atom is 0.233 e. The van der Waals surface area contributed by atoms with Gasteiger partial charge in [0.2, 0.25) is 11.7 Å². The number of ether oxygens (including phenoxy) is 2. The zero-order chi connectivity index (χ0) is 24.1. The van der Waals surface area contributed by atoms with Crippen LogP contribution in [-0.4, -0.2) is 62.7 Å². The summed E-state index contributed by atoms with van der Waals surface area (Å²) in [6.07, 6.45) is 12.0. The summed E-state index contributed by atoms with van der Waals surface area (Å²) in [7, 11) is 4.87. The molecule has 2 aromatic rings. The average Bonchev–Trinajstić information content (AvgIpc) is 3.24. The molecule has 186 valence electrons. The van der Waals surface area contributed by atoms with Crippen molar-refractivity contribution >= 4 is 17.7 Å². The normalized spacial score (nSPS) is 17.5. The second-order valence-electron chi connectivity index (χ2n) is 9.27. The van der Waals surface area contributed by atoms with Crippen LogP contribution in [0.2, 0.25) is 0 Å². The lowest BCUT2D eigenvalue weighted by atomic mass is 9.88. The second-order valence-corrected chi connectivity index (χ2v) is 10.2. The van der Waals surface area contributed by atoms with E-state index in [1.807, 2.05) is 11.6 Å². The molecule has 0 bridgehead atoms. The lowest BCUT2D eigenvalue weighted by Gasteiger charge is -2.41. The SMILES string of the molecule is COc1cc(-c2nnc(SCC(=O)N(C3CCCCC3)C3CCCCC3)n2C)cc(OC)c1O. The molecule has 2 aliphatic rings. The van der Waals surface area contributed by atoms with E-state index >= 15 is 0 Å². The Kier molecular flexibility index (Phi) is 8.24. The van der Waals surface area contributed by atoms with Gasteiger partial charge in [0.25, 0.3) is 0 Å². The number of hydrogen-bond acceptors (Lipinski definition) is 7. The molecule has 1 N–H and O–H groups in total. The summed E-state index contributed by atoms with van der Waals surface area (Å²) in [5.74, 6) is 1.75. The molecule has 0 radical (unpaired) electrons. The second kappa shape index (κ2) is 11.3. The molecule has 9 heteroatoms. The molecule has 34 heavy (non-hydrogen) atoms. The van der Waals surface area contributed by atoms with Crippen molar-refractivity contribution < 1.29 is 19.4 Å². The molecular weight excluding hydrogens is 452 g/mol. The van der Waals surface area contributed by atoms with Crippen LogP contribution in [0.25, 0.3) is 11.4 Å². The minimum atomic E-state index is -0.0540. The molecule has 0 spiro atoms. The maximum absolute atomic E-state index is 13.5. The van der Waals surface area contributed by atoms with Crippen LogP contribution in [-0.2, 0) is 11.8 Å². The maximum atomic E-state index is 13.5. The van der Waals surface area contributed by atoms with E-state index in [-0.39, 0.29) is 11.7 Å². The molecule has 1 amide bonds. The number of hydrogen-bond donors (Lipinski definition) is 1. The molecule has 0 aliphatic heterocycles. The van der Waals surface area contributed by atoms with E-state index in [1.165, 1.54) is 64.5 Å². The molecule has 1 aromatic carbocycles. The number of phenolic OH excluding ortho intramolecular Hbond substituents is 1. The van der Waals surface area contributed by atoms with Gasteiger partial charge in [-0.2, -0.15) is 0 Å². The van der Waals surface area contributed by atoms with Gasteiger partial charge in [0, 0.05) is 24.7 Å². The summed E-state index contributed by atoms with van der Waals surface area (Å²) >= 11 is 1.44. The van der Waals surface area contributed by atoms with Crippen LogP contribution >= 0.6 is 11.8 Å². The van der Waals surface area contributed by atoms with Crippen molar-refractivity contribution in [1.82, 2.24) is 19.7 Å². The molecule has 1 aromatic heterocycles. The monoisotopic (exact) mass is 488 g/mol. The summed E-state index contributed by atoms with van der Waals surface area (Å²) < 4.78 is 12.4. The van der Waals surface area contributed by atoms with Crippen molar-refractivity contribution in [1.29, 1.82) is 0 Å². The number of nitrogens with zero attached hydrogens (tertiary/aromatic N) is 4. The van der Waals surface area contributed by atoms with Crippen LogP contribution in [0.5, 0.6) is 17.2 Å². The Morgan fingerprint density at radius 2 is 1.53 bits per heavy atom. The molecule has 1 heterocycles. The minimum Gasteiger partial charge on any atom is -0.502 e. The van der Waals surface area contributed by atoms with Gasteiger partial charge in [-0.05, 0) is 37.8 Å². The largest absolute Gasteiger partial charge is 0.502 e. The molecule has 2 aliphatic carbocycles. The topological polar surface area (TPSA) is 89.7 Å². The van der Waals surface area contributed by atoms with Gasteiger partial charge in [-0.1, -0.05) is 50.3 Å². The fraction of sp³-hybridized carbons (Fsp3) is 0.640. The minimum absolute atomic E-state index is 0.0540. The Hall–Kier alpha value is -2.42. The Morgan fingerprint density at radius 1 is 1.00 bits per heavy atom. The van der Waals surface area contributed by atoms with Crippen molar-refractivity contribution in [3.05, 3.63) is 12.1 Å². The highest BCUT2D eigenvalue weighted by atomic mass is 32.2. The molecule has 0 saturated heterocycles. The molecule has 2 saturated carbocycles. The highest BCUT2D eigenvalue weighted by Gasteiger charge is 2.32. The van der Waals surface area contributed by atoms with Gasteiger partial charge in [-0.3, -0.25) is 4.79 Å². The Balaban J connectivity index is 1.49. The summed E-state index contributed by atoms with van der Waals surface area (Å²) in [5.41, 5.74) is 0.714. The number of aromatic nitrogens is 3. The summed E-state index contributed by atoms with van der Waals surface area (Å²) in [6.45, 7) is 0. The van der Waals surface area contributed by atoms with Crippen LogP contribution in [0.3, 0.4) is 0 Å². The number of rotatable bonds is 8. The first-order chi connectivity index (χ1) is 16.5. The number of phenols is 1. The zero-order valence-electron chi connectivity index (χ0n) is 20.5. The van der Waals surface area contributed by atoms with Gasteiger partial charge in [-0.15, -0.1) is 10.2 Å². The predicted molar refractivity (Wildman–Crippen MR) is 133 cm³/mol. The number of methoxy groups -OCH3 is 2. The lowest BCUT2D eigenvalue weighted by molar-refractivity contribution is -0.135. The third-order valence-electron chi connectivity index (χ3n) is 7.12. The van der Waals surface area contributed by atoms with E-state index in [1.54, 1.807) is 12.1 Å². The smallest absolute Gasteiger partial charge is 0.233 e. The van der Waals surface area contributed by atoms with Gasteiger partial charge >= 0.3 is 0 Å². The van der Waals surface area contributed by atoms with Gasteiger partial charge < -0.3 is 24.0 Å². The predicted octanol–water partition coefficient (Wildman–Crippen LogP) is 4.79. The van der Waals surface area contributed by atoms with Gasteiger partial charge in [0.15, 0.2) is 22.5 Å². The Morgan fingerprint density at radius 3 is 2.03 bits per heavy atom. The number of thioether (sulfide) groups is 1. The molecular formula is C25H36N4O4S. The number of aromatic hydroxyl groups is 1. The van der Waals surface area contributed by atoms with Crippen LogP contribution in [0.4, 0.5) is 0 Å². The van der Waals surface area contributed by atoms with E-state index in [9.17, 15) is 9.90 Å². The number of benzene rings is 1. The van der Waals surface area contributed by atoms with Crippen LogP contribution < -0.4 is 9.47 Å². The highest BCUT2D eigenvalue weighted by Crippen LogP contribution is 2.40. The first-order valence-corrected chi connectivity index (χ1v) is 13.3. The summed E-state index contributed by atoms with van der Waals surface area (Å²) in [4.78, 5) is 15.7. The van der Waals surface area contributed by atoms with E-state index in [0.29, 0.717) is 45.9 Å². The van der Waals surface area contributed by atoms with Crippen molar-refractivity contribution in [2.24, 2.45) is 7.05 Å². The number of carbonyl (C=O) groups excluding carboxylic acids is 1. The molecule has 8 nitrogen and oxygen atoms in total. The third-order valence-corrected chi connectivity index (χ3v) is 8.13. The summed E-state index contributed by atoms with van der Waals surface area (Å²) in [5, 5.41) is 19.6. The van der Waals surface area contributed by atoms with Gasteiger partial charge in [0.05, 0.1) is 20.0 Å².